The maximum atomic E-state index is 4.59. The normalized spacial score (nSPS) is 10.8. The Balaban J connectivity index is 2.88. The summed E-state index contributed by atoms with van der Waals surface area (Å²) in [5.74, 6) is 2.79. The van der Waals surface area contributed by atoms with Gasteiger partial charge in [-0.1, -0.05) is 19.8 Å². The van der Waals surface area contributed by atoms with E-state index in [1.807, 2.05) is 6.92 Å². The van der Waals surface area contributed by atoms with E-state index in [0.29, 0.717) is 6.04 Å². The molecule has 4 nitrogen and oxygen atoms in total. The molecule has 0 saturated heterocycles. The van der Waals surface area contributed by atoms with E-state index < -0.39 is 0 Å². The second-order valence-corrected chi connectivity index (χ2v) is 5.18. The molecule has 0 atom stereocenters. The average Bonchev–Trinajstić information content (AvgIpc) is 2.33. The van der Waals surface area contributed by atoms with Gasteiger partial charge in [0.2, 0.25) is 0 Å². The molecule has 1 rings (SSSR count). The van der Waals surface area contributed by atoms with Crippen LogP contribution in [0.15, 0.2) is 6.07 Å². The van der Waals surface area contributed by atoms with E-state index >= 15 is 0 Å². The van der Waals surface area contributed by atoms with Gasteiger partial charge in [0, 0.05) is 25.2 Å². The third-order valence-corrected chi connectivity index (χ3v) is 3.10. The summed E-state index contributed by atoms with van der Waals surface area (Å²) in [6.45, 7) is 12.7. The summed E-state index contributed by atoms with van der Waals surface area (Å²) >= 11 is 0. The minimum atomic E-state index is 0.459. The Hall–Kier alpha value is -1.32. The Morgan fingerprint density at radius 2 is 1.95 bits per heavy atom. The molecule has 0 aliphatic heterocycles. The number of anilines is 2. The van der Waals surface area contributed by atoms with Crippen LogP contribution < -0.4 is 10.2 Å². The van der Waals surface area contributed by atoms with E-state index in [0.717, 1.165) is 30.5 Å². The van der Waals surface area contributed by atoms with Gasteiger partial charge >= 0.3 is 0 Å². The second-order valence-electron chi connectivity index (χ2n) is 5.18. The van der Waals surface area contributed by atoms with Crippen LogP contribution in [0, 0.1) is 6.92 Å². The standard InChI is InChI=1S/C15H28N4/c1-6-8-9-10-19(12(3)4)15-11-14(16-7-2)17-13(5)18-15/h11-12H,6-10H2,1-5H3,(H,16,17,18). The first-order chi connectivity index (χ1) is 9.08. The summed E-state index contributed by atoms with van der Waals surface area (Å²) in [7, 11) is 0. The Morgan fingerprint density at radius 1 is 1.21 bits per heavy atom. The van der Waals surface area contributed by atoms with E-state index in [-0.39, 0.29) is 0 Å². The quantitative estimate of drug-likeness (QED) is 0.728. The average molecular weight is 264 g/mol. The van der Waals surface area contributed by atoms with Crippen LogP contribution >= 0.6 is 0 Å². The highest BCUT2D eigenvalue weighted by Crippen LogP contribution is 2.19. The molecule has 1 heterocycles. The van der Waals surface area contributed by atoms with Crippen LogP contribution in [0.3, 0.4) is 0 Å². The van der Waals surface area contributed by atoms with Crippen molar-refractivity contribution in [2.45, 2.75) is 59.9 Å². The van der Waals surface area contributed by atoms with Crippen molar-refractivity contribution in [2.75, 3.05) is 23.3 Å². The summed E-state index contributed by atoms with van der Waals surface area (Å²) < 4.78 is 0. The van der Waals surface area contributed by atoms with Crippen LogP contribution in [-0.4, -0.2) is 29.1 Å². The third-order valence-electron chi connectivity index (χ3n) is 3.10. The van der Waals surface area contributed by atoms with Crippen molar-refractivity contribution in [1.29, 1.82) is 0 Å². The van der Waals surface area contributed by atoms with Crippen LogP contribution in [-0.2, 0) is 0 Å². The van der Waals surface area contributed by atoms with Gasteiger partial charge in [-0.3, -0.25) is 0 Å². The number of rotatable bonds is 8. The van der Waals surface area contributed by atoms with Gasteiger partial charge in [0.1, 0.15) is 17.5 Å². The SMILES string of the molecule is CCCCCN(c1cc(NCC)nc(C)n1)C(C)C. The number of nitrogens with zero attached hydrogens (tertiary/aromatic N) is 3. The maximum Gasteiger partial charge on any atom is 0.134 e. The highest BCUT2D eigenvalue weighted by Gasteiger charge is 2.13. The molecule has 0 bridgehead atoms. The molecule has 0 aliphatic rings. The molecule has 4 heteroatoms. The molecular weight excluding hydrogens is 236 g/mol. The number of unbranched alkanes of at least 4 members (excludes halogenated alkanes) is 2. The fourth-order valence-corrected chi connectivity index (χ4v) is 2.14. The first kappa shape index (κ1) is 15.7. The lowest BCUT2D eigenvalue weighted by atomic mass is 10.2. The molecule has 0 spiro atoms. The zero-order chi connectivity index (χ0) is 14.3. The number of hydrogen-bond donors (Lipinski definition) is 1. The van der Waals surface area contributed by atoms with Crippen LogP contribution in [0.1, 0.15) is 52.8 Å². The van der Waals surface area contributed by atoms with E-state index in [9.17, 15) is 0 Å². The van der Waals surface area contributed by atoms with Crippen molar-refractivity contribution in [3.05, 3.63) is 11.9 Å². The van der Waals surface area contributed by atoms with E-state index in [2.05, 4.69) is 53.9 Å². The smallest absolute Gasteiger partial charge is 0.134 e. The molecule has 19 heavy (non-hydrogen) atoms. The van der Waals surface area contributed by atoms with Gasteiger partial charge in [0.25, 0.3) is 0 Å². The van der Waals surface area contributed by atoms with Crippen molar-refractivity contribution < 1.29 is 0 Å². The minimum absolute atomic E-state index is 0.459. The topological polar surface area (TPSA) is 41.0 Å². The van der Waals surface area contributed by atoms with Gasteiger partial charge < -0.3 is 10.2 Å². The lowest BCUT2D eigenvalue weighted by Gasteiger charge is -2.28. The number of hydrogen-bond acceptors (Lipinski definition) is 4. The summed E-state index contributed by atoms with van der Waals surface area (Å²) in [6.07, 6.45) is 3.74. The molecule has 0 saturated carbocycles. The first-order valence-corrected chi connectivity index (χ1v) is 7.44. The lowest BCUT2D eigenvalue weighted by molar-refractivity contribution is 0.618. The highest BCUT2D eigenvalue weighted by molar-refractivity contribution is 5.49. The van der Waals surface area contributed by atoms with Gasteiger partial charge in [-0.2, -0.15) is 0 Å². The Bertz CT molecular complexity index is 376. The minimum Gasteiger partial charge on any atom is -0.370 e. The molecule has 1 aromatic heterocycles. The van der Waals surface area contributed by atoms with Crippen molar-refractivity contribution in [3.63, 3.8) is 0 Å². The van der Waals surface area contributed by atoms with Gasteiger partial charge in [0.05, 0.1) is 0 Å². The molecular formula is C15H28N4. The van der Waals surface area contributed by atoms with Crippen LogP contribution in [0.2, 0.25) is 0 Å². The molecule has 0 aromatic carbocycles. The molecule has 0 aliphatic carbocycles. The van der Waals surface area contributed by atoms with Crippen LogP contribution in [0.5, 0.6) is 0 Å². The molecule has 0 fully saturated rings. The van der Waals surface area contributed by atoms with Crippen LogP contribution in [0.4, 0.5) is 11.6 Å². The molecule has 0 unspecified atom stereocenters. The summed E-state index contributed by atoms with van der Waals surface area (Å²) in [6, 6.07) is 2.52. The zero-order valence-electron chi connectivity index (χ0n) is 13.0. The zero-order valence-corrected chi connectivity index (χ0v) is 13.0. The maximum absolute atomic E-state index is 4.59. The molecule has 1 N–H and O–H groups in total. The number of aryl methyl sites for hydroxylation is 1. The monoisotopic (exact) mass is 264 g/mol. The van der Waals surface area contributed by atoms with Gasteiger partial charge in [-0.25, -0.2) is 9.97 Å². The second kappa shape index (κ2) is 7.97. The first-order valence-electron chi connectivity index (χ1n) is 7.44. The summed E-state index contributed by atoms with van der Waals surface area (Å²) in [5, 5.41) is 3.27. The molecule has 108 valence electrons. The van der Waals surface area contributed by atoms with Gasteiger partial charge in [-0.15, -0.1) is 0 Å². The fourth-order valence-electron chi connectivity index (χ4n) is 2.14. The lowest BCUT2D eigenvalue weighted by Crippen LogP contribution is -2.32. The van der Waals surface area contributed by atoms with E-state index in [4.69, 9.17) is 0 Å². The Kier molecular flexibility index (Phi) is 6.60. The fraction of sp³-hybridized carbons (Fsp3) is 0.733. The van der Waals surface area contributed by atoms with Gasteiger partial charge in [0.15, 0.2) is 0 Å². The van der Waals surface area contributed by atoms with E-state index in [1.54, 1.807) is 0 Å². The summed E-state index contributed by atoms with van der Waals surface area (Å²) in [4.78, 5) is 11.4. The van der Waals surface area contributed by atoms with Crippen molar-refractivity contribution >= 4 is 11.6 Å². The third kappa shape index (κ3) is 5.05. The van der Waals surface area contributed by atoms with E-state index in [1.165, 1.54) is 19.3 Å². The number of aromatic nitrogens is 2. The predicted octanol–water partition coefficient (Wildman–Crippen LogP) is 3.62. The van der Waals surface area contributed by atoms with Crippen molar-refractivity contribution in [1.82, 2.24) is 9.97 Å². The Morgan fingerprint density at radius 3 is 2.53 bits per heavy atom. The molecule has 1 aromatic rings. The molecule has 0 amide bonds. The highest BCUT2D eigenvalue weighted by atomic mass is 15.2. The molecule has 0 radical (unpaired) electrons. The largest absolute Gasteiger partial charge is 0.370 e. The summed E-state index contributed by atoms with van der Waals surface area (Å²) in [5.41, 5.74) is 0. The number of nitrogens with one attached hydrogen (secondary N) is 1. The van der Waals surface area contributed by atoms with Crippen LogP contribution in [0.25, 0.3) is 0 Å². The predicted molar refractivity (Wildman–Crippen MR) is 82.9 cm³/mol. The van der Waals surface area contributed by atoms with Crippen molar-refractivity contribution in [3.8, 4) is 0 Å². The Labute approximate surface area is 117 Å². The van der Waals surface area contributed by atoms with Crippen molar-refractivity contribution in [2.24, 2.45) is 0 Å². The van der Waals surface area contributed by atoms with Gasteiger partial charge in [-0.05, 0) is 34.1 Å².